The molecule has 32 heavy (non-hydrogen) atoms. The number of benzene rings is 2. The van der Waals surface area contributed by atoms with Crippen LogP contribution in [0.15, 0.2) is 74.0 Å². The van der Waals surface area contributed by atoms with Gasteiger partial charge in [-0.1, -0.05) is 17.7 Å². The van der Waals surface area contributed by atoms with E-state index in [1.165, 1.54) is 41.3 Å². The van der Waals surface area contributed by atoms with Gasteiger partial charge in [0.15, 0.2) is 9.43 Å². The number of amides is 1. The molecule has 0 fully saturated rings. The molecule has 0 aliphatic rings. The van der Waals surface area contributed by atoms with Gasteiger partial charge in [-0.2, -0.15) is 5.26 Å². The summed E-state index contributed by atoms with van der Waals surface area (Å²) in [5.41, 5.74) is 0.987. The van der Waals surface area contributed by atoms with Crippen LogP contribution in [-0.4, -0.2) is 15.8 Å². The number of non-ortho nitro benzene ring substituents is 1. The predicted molar refractivity (Wildman–Crippen MR) is 123 cm³/mol. The summed E-state index contributed by atoms with van der Waals surface area (Å²) in [6, 6.07) is 16.3. The monoisotopic (exact) mass is 482 g/mol. The average Bonchev–Trinajstić information content (AvgIpc) is 3.37. The number of hydrogen-bond donors (Lipinski definition) is 1. The fraction of sp³-hybridized carbons (Fsp3) is 0. The second-order valence-corrected chi connectivity index (χ2v) is 9.00. The molecule has 0 atom stereocenters. The molecule has 2 aromatic carbocycles. The summed E-state index contributed by atoms with van der Waals surface area (Å²) >= 11 is 8.45. The molecular weight excluding hydrogens is 472 g/mol. The van der Waals surface area contributed by atoms with Gasteiger partial charge in [-0.15, -0.1) is 11.3 Å². The fourth-order valence-electron chi connectivity index (χ4n) is 2.66. The number of carbonyl (C=O) groups excluding carboxylic acids is 1. The smallest absolute Gasteiger partial charge is 0.270 e. The minimum atomic E-state index is -0.590. The summed E-state index contributed by atoms with van der Waals surface area (Å²) in [5.74, 6) is -0.268. The van der Waals surface area contributed by atoms with Gasteiger partial charge >= 0.3 is 0 Å². The number of nitro benzene ring substituents is 1. The lowest BCUT2D eigenvalue weighted by molar-refractivity contribution is -0.384. The van der Waals surface area contributed by atoms with Crippen molar-refractivity contribution in [1.29, 1.82) is 5.26 Å². The highest BCUT2D eigenvalue weighted by Crippen LogP contribution is 2.36. The molecule has 8 nitrogen and oxygen atoms in total. The number of aromatic nitrogens is 1. The Morgan fingerprint density at radius 1 is 1.28 bits per heavy atom. The number of hydrogen-bond acceptors (Lipinski definition) is 8. The standard InChI is InChI=1S/C21H11ClN4O4S2/c22-13-2-1-3-14(9-13)24-20(27)12(11-23)8-16-5-7-19(30-16)32-21-25-17-6-4-15(26(28)29)10-18(17)31-21/h1-10H,(H,24,27)/b12-8+. The summed E-state index contributed by atoms with van der Waals surface area (Å²) in [5, 5.41) is 23.9. The van der Waals surface area contributed by atoms with E-state index in [-0.39, 0.29) is 11.3 Å². The Morgan fingerprint density at radius 2 is 2.12 bits per heavy atom. The highest BCUT2D eigenvalue weighted by Gasteiger charge is 2.14. The minimum Gasteiger partial charge on any atom is -0.450 e. The molecule has 0 saturated heterocycles. The number of thiazole rings is 1. The average molecular weight is 483 g/mol. The van der Waals surface area contributed by atoms with Crippen LogP contribution in [0.25, 0.3) is 16.3 Å². The summed E-state index contributed by atoms with van der Waals surface area (Å²) in [6.07, 6.45) is 1.34. The molecule has 0 unspecified atom stereocenters. The van der Waals surface area contributed by atoms with E-state index in [4.69, 9.17) is 16.0 Å². The van der Waals surface area contributed by atoms with Crippen LogP contribution >= 0.6 is 34.7 Å². The Balaban J connectivity index is 1.49. The molecule has 158 valence electrons. The van der Waals surface area contributed by atoms with E-state index < -0.39 is 10.8 Å². The summed E-state index contributed by atoms with van der Waals surface area (Å²) in [4.78, 5) is 27.3. The summed E-state index contributed by atoms with van der Waals surface area (Å²) in [7, 11) is 0. The quantitative estimate of drug-likeness (QED) is 0.151. The first-order chi connectivity index (χ1) is 15.4. The van der Waals surface area contributed by atoms with Crippen LogP contribution in [0.5, 0.6) is 0 Å². The molecule has 0 aliphatic heterocycles. The molecule has 1 amide bonds. The number of nitrogens with zero attached hydrogens (tertiary/aromatic N) is 3. The van der Waals surface area contributed by atoms with Gasteiger partial charge in [-0.05, 0) is 48.2 Å². The normalized spacial score (nSPS) is 11.3. The first-order valence-corrected chi connectivity index (χ1v) is 10.9. The van der Waals surface area contributed by atoms with Gasteiger partial charge in [0, 0.05) is 28.9 Å². The number of fused-ring (bicyclic) bond motifs is 1. The zero-order chi connectivity index (χ0) is 22.7. The number of rotatable bonds is 6. The van der Waals surface area contributed by atoms with Crippen LogP contribution in [0.2, 0.25) is 5.02 Å². The van der Waals surface area contributed by atoms with Gasteiger partial charge in [0.05, 0.1) is 15.1 Å². The molecule has 1 N–H and O–H groups in total. The maximum Gasteiger partial charge on any atom is 0.270 e. The second-order valence-electron chi connectivity index (χ2n) is 6.28. The number of nitriles is 1. The van der Waals surface area contributed by atoms with Gasteiger partial charge in [-0.3, -0.25) is 14.9 Å². The molecule has 2 heterocycles. The van der Waals surface area contributed by atoms with E-state index in [1.54, 1.807) is 42.5 Å². The van der Waals surface area contributed by atoms with Crippen molar-refractivity contribution in [3.63, 3.8) is 0 Å². The van der Waals surface area contributed by atoms with Crippen molar-refractivity contribution in [2.75, 3.05) is 5.32 Å². The molecule has 0 saturated carbocycles. The van der Waals surface area contributed by atoms with Crippen LogP contribution in [0.3, 0.4) is 0 Å². The number of carbonyl (C=O) groups is 1. The van der Waals surface area contributed by atoms with Crippen molar-refractivity contribution in [1.82, 2.24) is 4.98 Å². The summed E-state index contributed by atoms with van der Waals surface area (Å²) in [6.45, 7) is 0. The molecule has 0 spiro atoms. The third-order valence-corrected chi connectivity index (χ3v) is 6.32. The van der Waals surface area contributed by atoms with Crippen molar-refractivity contribution in [3.05, 3.63) is 81.1 Å². The van der Waals surface area contributed by atoms with Gasteiger partial charge in [-0.25, -0.2) is 4.98 Å². The van der Waals surface area contributed by atoms with E-state index in [9.17, 15) is 20.2 Å². The molecule has 4 aromatic rings. The van der Waals surface area contributed by atoms with E-state index in [0.29, 0.717) is 36.1 Å². The highest BCUT2D eigenvalue weighted by atomic mass is 35.5. The SMILES string of the molecule is N#C/C(=C\c1ccc(Sc2nc3ccc([N+](=O)[O-])cc3s2)o1)C(=O)Nc1cccc(Cl)c1. The Labute approximate surface area is 194 Å². The van der Waals surface area contributed by atoms with Gasteiger partial charge in [0.25, 0.3) is 11.6 Å². The third-order valence-electron chi connectivity index (χ3n) is 4.09. The van der Waals surface area contributed by atoms with Gasteiger partial charge < -0.3 is 9.73 Å². The van der Waals surface area contributed by atoms with Gasteiger partial charge in [0.2, 0.25) is 0 Å². The number of anilines is 1. The van der Waals surface area contributed by atoms with Crippen molar-refractivity contribution in [2.24, 2.45) is 0 Å². The second kappa shape index (κ2) is 9.23. The van der Waals surface area contributed by atoms with Crippen LogP contribution in [0, 0.1) is 21.4 Å². The molecule has 4 rings (SSSR count). The van der Waals surface area contributed by atoms with Crippen LogP contribution in [-0.2, 0) is 4.79 Å². The lowest BCUT2D eigenvalue weighted by Gasteiger charge is -2.04. The number of nitro groups is 1. The van der Waals surface area contributed by atoms with Crippen molar-refractivity contribution < 1.29 is 14.1 Å². The van der Waals surface area contributed by atoms with Crippen LogP contribution in [0.4, 0.5) is 11.4 Å². The molecular formula is C21H11ClN4O4S2. The Hall–Kier alpha value is -3.65. The largest absolute Gasteiger partial charge is 0.450 e. The van der Waals surface area contributed by atoms with E-state index in [2.05, 4.69) is 10.3 Å². The van der Waals surface area contributed by atoms with Crippen LogP contribution in [0.1, 0.15) is 5.76 Å². The maximum absolute atomic E-state index is 12.4. The zero-order valence-electron chi connectivity index (χ0n) is 15.9. The first-order valence-electron chi connectivity index (χ1n) is 8.92. The molecule has 0 radical (unpaired) electrons. The van der Waals surface area contributed by atoms with E-state index >= 15 is 0 Å². The molecule has 2 aromatic heterocycles. The van der Waals surface area contributed by atoms with Gasteiger partial charge in [0.1, 0.15) is 17.4 Å². The predicted octanol–water partition coefficient (Wildman–Crippen LogP) is 6.15. The maximum atomic E-state index is 12.4. The topological polar surface area (TPSA) is 122 Å². The number of nitrogens with one attached hydrogen (secondary N) is 1. The van der Waals surface area contributed by atoms with Crippen LogP contribution < -0.4 is 5.32 Å². The van der Waals surface area contributed by atoms with Crippen molar-refractivity contribution in [3.8, 4) is 6.07 Å². The lowest BCUT2D eigenvalue weighted by Crippen LogP contribution is -2.13. The third kappa shape index (κ3) is 4.97. The number of furan rings is 1. The zero-order valence-corrected chi connectivity index (χ0v) is 18.3. The van der Waals surface area contributed by atoms with E-state index in [1.807, 2.05) is 6.07 Å². The number of halogens is 1. The van der Waals surface area contributed by atoms with E-state index in [0.717, 1.165) is 0 Å². The molecule has 11 heteroatoms. The molecule has 0 bridgehead atoms. The minimum absolute atomic E-state index is 0.00297. The van der Waals surface area contributed by atoms with Crippen molar-refractivity contribution in [2.45, 2.75) is 9.43 Å². The first kappa shape index (κ1) is 21.6. The molecule has 0 aliphatic carbocycles. The van der Waals surface area contributed by atoms with Crippen molar-refractivity contribution >= 4 is 68.3 Å². The summed E-state index contributed by atoms with van der Waals surface area (Å²) < 4.78 is 7.03. The Bertz CT molecular complexity index is 1420. The Morgan fingerprint density at radius 3 is 2.88 bits per heavy atom. The highest BCUT2D eigenvalue weighted by molar-refractivity contribution is 8.01. The fourth-order valence-corrected chi connectivity index (χ4v) is 4.85. The lowest BCUT2D eigenvalue weighted by atomic mass is 10.2. The Kier molecular flexibility index (Phi) is 6.23.